The van der Waals surface area contributed by atoms with Crippen molar-refractivity contribution in [3.8, 4) is 0 Å². The number of fused-ring (bicyclic) bond motifs is 1. The number of carbonyl (C=O) groups is 2. The summed E-state index contributed by atoms with van der Waals surface area (Å²) < 4.78 is 13.3. The van der Waals surface area contributed by atoms with E-state index in [0.29, 0.717) is 12.8 Å². The summed E-state index contributed by atoms with van der Waals surface area (Å²) in [7, 11) is 0. The molecule has 1 saturated heterocycles. The third-order valence-corrected chi connectivity index (χ3v) is 3.81. The minimum atomic E-state index is -0.440. The van der Waals surface area contributed by atoms with Crippen LogP contribution in [0.3, 0.4) is 0 Å². The number of hydrogen-bond donors (Lipinski definition) is 2. The van der Waals surface area contributed by atoms with E-state index in [9.17, 15) is 14.0 Å². The van der Waals surface area contributed by atoms with E-state index in [1.165, 1.54) is 12.1 Å². The van der Waals surface area contributed by atoms with Crippen LogP contribution in [-0.4, -0.2) is 17.9 Å². The van der Waals surface area contributed by atoms with E-state index < -0.39 is 6.04 Å². The summed E-state index contributed by atoms with van der Waals surface area (Å²) in [5, 5.41) is 5.54. The lowest BCUT2D eigenvalue weighted by atomic mass is 10.1. The number of nitrogens with one attached hydrogen (secondary N) is 2. The molecule has 3 rings (SSSR count). The van der Waals surface area contributed by atoms with Crippen LogP contribution in [-0.2, 0) is 16.0 Å². The molecule has 2 aliphatic rings. The van der Waals surface area contributed by atoms with Gasteiger partial charge in [0, 0.05) is 6.42 Å². The van der Waals surface area contributed by atoms with E-state index in [-0.39, 0.29) is 23.7 Å². The van der Waals surface area contributed by atoms with E-state index in [1.54, 1.807) is 6.07 Å². The molecule has 1 aromatic carbocycles. The van der Waals surface area contributed by atoms with Crippen molar-refractivity contribution in [2.24, 2.45) is 0 Å². The molecule has 100 valence electrons. The highest BCUT2D eigenvalue weighted by molar-refractivity contribution is 5.91. The Balaban J connectivity index is 1.71. The molecule has 1 aliphatic carbocycles. The molecule has 0 saturated carbocycles. The second-order valence-electron chi connectivity index (χ2n) is 5.10. The van der Waals surface area contributed by atoms with E-state index in [1.807, 2.05) is 0 Å². The van der Waals surface area contributed by atoms with Gasteiger partial charge in [0.25, 0.3) is 0 Å². The number of benzene rings is 1. The van der Waals surface area contributed by atoms with E-state index in [4.69, 9.17) is 0 Å². The first-order valence-electron chi connectivity index (χ1n) is 6.51. The maximum absolute atomic E-state index is 13.3. The van der Waals surface area contributed by atoms with Crippen LogP contribution in [0.2, 0.25) is 0 Å². The minimum absolute atomic E-state index is 0.0852. The van der Waals surface area contributed by atoms with Crippen LogP contribution in [0.4, 0.5) is 4.39 Å². The van der Waals surface area contributed by atoms with Gasteiger partial charge >= 0.3 is 0 Å². The molecule has 5 heteroatoms. The molecule has 0 spiro atoms. The summed E-state index contributed by atoms with van der Waals surface area (Å²) in [6.07, 6.45) is 2.56. The fraction of sp³-hybridized carbons (Fsp3) is 0.429. The zero-order chi connectivity index (χ0) is 13.4. The van der Waals surface area contributed by atoms with Crippen LogP contribution in [0.5, 0.6) is 0 Å². The highest BCUT2D eigenvalue weighted by atomic mass is 19.1. The van der Waals surface area contributed by atoms with Crippen molar-refractivity contribution in [1.82, 2.24) is 10.6 Å². The molecular formula is C14H15FN2O2. The number of aryl methyl sites for hydroxylation is 1. The maximum atomic E-state index is 13.3. The first kappa shape index (κ1) is 12.1. The summed E-state index contributed by atoms with van der Waals surface area (Å²) in [5.74, 6) is -0.542. The summed E-state index contributed by atoms with van der Waals surface area (Å²) >= 11 is 0. The molecule has 1 fully saturated rings. The zero-order valence-electron chi connectivity index (χ0n) is 10.4. The van der Waals surface area contributed by atoms with Crippen molar-refractivity contribution >= 4 is 11.8 Å². The van der Waals surface area contributed by atoms with Crippen LogP contribution in [0.1, 0.15) is 36.4 Å². The van der Waals surface area contributed by atoms with Gasteiger partial charge in [0.15, 0.2) is 0 Å². The SMILES string of the molecule is O=C1CC[C@H](C(=O)N[C@H]2CCc3ccc(F)cc32)N1. The molecule has 2 N–H and O–H groups in total. The first-order valence-corrected chi connectivity index (χ1v) is 6.51. The van der Waals surface area contributed by atoms with Crippen LogP contribution in [0.15, 0.2) is 18.2 Å². The Kier molecular flexibility index (Phi) is 2.97. The lowest BCUT2D eigenvalue weighted by Crippen LogP contribution is -2.42. The maximum Gasteiger partial charge on any atom is 0.243 e. The molecule has 0 unspecified atom stereocenters. The van der Waals surface area contributed by atoms with Crippen molar-refractivity contribution in [2.75, 3.05) is 0 Å². The summed E-state index contributed by atoms with van der Waals surface area (Å²) in [4.78, 5) is 23.1. The Morgan fingerprint density at radius 3 is 2.89 bits per heavy atom. The van der Waals surface area contributed by atoms with Gasteiger partial charge < -0.3 is 10.6 Å². The Morgan fingerprint density at radius 2 is 2.16 bits per heavy atom. The Hall–Kier alpha value is -1.91. The van der Waals surface area contributed by atoms with Gasteiger partial charge in [-0.05, 0) is 42.5 Å². The fourth-order valence-corrected chi connectivity index (χ4v) is 2.81. The molecule has 0 radical (unpaired) electrons. The predicted octanol–water partition coefficient (Wildman–Crippen LogP) is 1.21. The number of halogens is 1. The van der Waals surface area contributed by atoms with Crippen molar-refractivity contribution in [3.63, 3.8) is 0 Å². The van der Waals surface area contributed by atoms with Gasteiger partial charge in [-0.15, -0.1) is 0 Å². The highest BCUT2D eigenvalue weighted by Gasteiger charge is 2.31. The smallest absolute Gasteiger partial charge is 0.243 e. The number of rotatable bonds is 2. The van der Waals surface area contributed by atoms with Gasteiger partial charge in [0.05, 0.1) is 6.04 Å². The fourth-order valence-electron chi connectivity index (χ4n) is 2.81. The summed E-state index contributed by atoms with van der Waals surface area (Å²) in [5.41, 5.74) is 1.94. The lowest BCUT2D eigenvalue weighted by Gasteiger charge is -2.17. The molecule has 1 aliphatic heterocycles. The standard InChI is InChI=1S/C14H15FN2O2/c15-9-3-1-8-2-4-11(10(8)7-9)17-14(19)12-5-6-13(18)16-12/h1,3,7,11-12H,2,4-6H2,(H,16,18)(H,17,19)/t11-,12+/m0/s1. The van der Waals surface area contributed by atoms with Crippen LogP contribution >= 0.6 is 0 Å². The second kappa shape index (κ2) is 4.64. The first-order chi connectivity index (χ1) is 9.13. The molecule has 1 aromatic rings. The average molecular weight is 262 g/mol. The van der Waals surface area contributed by atoms with Gasteiger partial charge in [-0.3, -0.25) is 9.59 Å². The quantitative estimate of drug-likeness (QED) is 0.841. The Labute approximate surface area is 110 Å². The van der Waals surface area contributed by atoms with Gasteiger partial charge in [-0.1, -0.05) is 6.07 Å². The van der Waals surface area contributed by atoms with Gasteiger partial charge in [0.1, 0.15) is 11.9 Å². The Morgan fingerprint density at radius 1 is 1.32 bits per heavy atom. The number of amides is 2. The van der Waals surface area contributed by atoms with Gasteiger partial charge in [0.2, 0.25) is 11.8 Å². The van der Waals surface area contributed by atoms with E-state index >= 15 is 0 Å². The van der Waals surface area contributed by atoms with Crippen LogP contribution < -0.4 is 10.6 Å². The summed E-state index contributed by atoms with van der Waals surface area (Å²) in [6, 6.07) is 4.12. The normalized spacial score (nSPS) is 25.0. The zero-order valence-corrected chi connectivity index (χ0v) is 10.4. The highest BCUT2D eigenvalue weighted by Crippen LogP contribution is 2.31. The molecule has 19 heavy (non-hydrogen) atoms. The molecular weight excluding hydrogens is 247 g/mol. The molecule has 2 atom stereocenters. The second-order valence-corrected chi connectivity index (χ2v) is 5.10. The number of carbonyl (C=O) groups excluding carboxylic acids is 2. The topological polar surface area (TPSA) is 58.2 Å². The molecule has 0 bridgehead atoms. The van der Waals surface area contributed by atoms with Crippen molar-refractivity contribution in [3.05, 3.63) is 35.1 Å². The van der Waals surface area contributed by atoms with Gasteiger partial charge in [-0.25, -0.2) is 4.39 Å². The molecule has 1 heterocycles. The third kappa shape index (κ3) is 2.32. The lowest BCUT2D eigenvalue weighted by molar-refractivity contribution is -0.126. The molecule has 0 aromatic heterocycles. The average Bonchev–Trinajstić information content (AvgIpc) is 2.97. The van der Waals surface area contributed by atoms with E-state index in [0.717, 1.165) is 24.0 Å². The van der Waals surface area contributed by atoms with Crippen LogP contribution in [0.25, 0.3) is 0 Å². The van der Waals surface area contributed by atoms with E-state index in [2.05, 4.69) is 10.6 Å². The third-order valence-electron chi connectivity index (χ3n) is 3.81. The largest absolute Gasteiger partial charge is 0.347 e. The summed E-state index contributed by atoms with van der Waals surface area (Å²) in [6.45, 7) is 0. The van der Waals surface area contributed by atoms with Gasteiger partial charge in [-0.2, -0.15) is 0 Å². The molecule has 2 amide bonds. The van der Waals surface area contributed by atoms with Crippen molar-refractivity contribution < 1.29 is 14.0 Å². The monoisotopic (exact) mass is 262 g/mol. The van der Waals surface area contributed by atoms with Crippen LogP contribution in [0, 0.1) is 5.82 Å². The van der Waals surface area contributed by atoms with Crippen molar-refractivity contribution in [1.29, 1.82) is 0 Å². The minimum Gasteiger partial charge on any atom is -0.347 e. The van der Waals surface area contributed by atoms with Crippen molar-refractivity contribution in [2.45, 2.75) is 37.8 Å². The Bertz CT molecular complexity index is 544. The predicted molar refractivity (Wildman–Crippen MR) is 66.8 cm³/mol. The number of hydrogen-bond acceptors (Lipinski definition) is 2. The molecule has 4 nitrogen and oxygen atoms in total.